The number of allylic oxidation sites excluding steroid dienone is 1. The zero-order valence-corrected chi connectivity index (χ0v) is 23.2. The maximum atomic E-state index is 13.5. The normalized spacial score (nSPS) is 19.4. The summed E-state index contributed by atoms with van der Waals surface area (Å²) in [5, 5.41) is 3.82. The van der Waals surface area contributed by atoms with Crippen molar-refractivity contribution in [3.05, 3.63) is 81.9 Å². The minimum Gasteiger partial charge on any atom is -0.369 e. The van der Waals surface area contributed by atoms with Crippen LogP contribution in [0.5, 0.6) is 0 Å². The molecule has 0 fully saturated rings. The van der Waals surface area contributed by atoms with Gasteiger partial charge < -0.3 is 15.0 Å². The Morgan fingerprint density at radius 2 is 1.90 bits per heavy atom. The molecule has 0 unspecified atom stereocenters. The summed E-state index contributed by atoms with van der Waals surface area (Å²) in [7, 11) is 2.15. The molecule has 0 radical (unpaired) electrons. The highest BCUT2D eigenvalue weighted by molar-refractivity contribution is 5.77. The molecule has 1 aromatic carbocycles. The largest absolute Gasteiger partial charge is 0.369 e. The Balaban J connectivity index is 1.45. The Bertz CT molecular complexity index is 1650. The first-order valence-electron chi connectivity index (χ1n) is 13.5. The van der Waals surface area contributed by atoms with E-state index in [4.69, 9.17) is 14.7 Å². The van der Waals surface area contributed by atoms with E-state index < -0.39 is 5.60 Å². The minimum atomic E-state index is -0.575. The Hall–Kier alpha value is -3.82. The van der Waals surface area contributed by atoms with Crippen molar-refractivity contribution in [2.24, 2.45) is 0 Å². The van der Waals surface area contributed by atoms with Crippen LogP contribution in [0.25, 0.3) is 16.9 Å². The van der Waals surface area contributed by atoms with Crippen molar-refractivity contribution in [2.75, 3.05) is 25.5 Å². The van der Waals surface area contributed by atoms with Crippen molar-refractivity contribution >= 4 is 22.7 Å². The first kappa shape index (κ1) is 25.5. The second kappa shape index (κ2) is 9.43. The second-order valence-electron chi connectivity index (χ2n) is 11.7. The lowest BCUT2D eigenvalue weighted by molar-refractivity contribution is -0.0224. The van der Waals surface area contributed by atoms with Crippen LogP contribution in [0.4, 0.5) is 11.6 Å². The number of likely N-dealkylation sites (N-methyl/N-ethyl adjacent to an activating group) is 1. The van der Waals surface area contributed by atoms with E-state index in [0.717, 1.165) is 30.9 Å². The van der Waals surface area contributed by atoms with Gasteiger partial charge in [-0.05, 0) is 62.7 Å². The second-order valence-corrected chi connectivity index (χ2v) is 11.7. The van der Waals surface area contributed by atoms with E-state index in [-0.39, 0.29) is 11.0 Å². The van der Waals surface area contributed by atoms with Crippen LogP contribution in [0.1, 0.15) is 50.9 Å². The van der Waals surface area contributed by atoms with Crippen molar-refractivity contribution in [1.82, 2.24) is 29.2 Å². The summed E-state index contributed by atoms with van der Waals surface area (Å²) in [6, 6.07) is 12.2. The highest BCUT2D eigenvalue weighted by Crippen LogP contribution is 2.34. The Morgan fingerprint density at radius 1 is 1.05 bits per heavy atom. The summed E-state index contributed by atoms with van der Waals surface area (Å²) in [6.45, 7) is 11.5. The summed E-state index contributed by atoms with van der Waals surface area (Å²) < 4.78 is 9.59. The third-order valence-corrected chi connectivity index (χ3v) is 7.63. The Kier molecular flexibility index (Phi) is 6.15. The molecule has 202 valence electrons. The first-order chi connectivity index (χ1) is 18.6. The number of fused-ring (bicyclic) bond motifs is 7. The molecule has 1 N–H and O–H groups in total. The van der Waals surface area contributed by atoms with Crippen LogP contribution in [0.2, 0.25) is 0 Å². The number of nitrogens with one attached hydrogen (secondary N) is 1. The summed E-state index contributed by atoms with van der Waals surface area (Å²) in [6.07, 6.45) is 6.38. The van der Waals surface area contributed by atoms with Gasteiger partial charge in [0.1, 0.15) is 11.0 Å². The van der Waals surface area contributed by atoms with E-state index in [2.05, 4.69) is 54.3 Å². The molecule has 39 heavy (non-hydrogen) atoms. The van der Waals surface area contributed by atoms with Crippen LogP contribution in [-0.4, -0.2) is 49.4 Å². The maximum Gasteiger partial charge on any atom is 0.278 e. The highest BCUT2D eigenvalue weighted by atomic mass is 16.5. The van der Waals surface area contributed by atoms with E-state index in [1.165, 1.54) is 11.1 Å². The van der Waals surface area contributed by atoms with Crippen molar-refractivity contribution in [1.29, 1.82) is 0 Å². The molecule has 2 aliphatic heterocycles. The van der Waals surface area contributed by atoms with Gasteiger partial charge in [0.05, 0.1) is 18.8 Å². The van der Waals surface area contributed by atoms with Crippen molar-refractivity contribution < 1.29 is 4.74 Å². The first-order valence-corrected chi connectivity index (χ1v) is 13.5. The molecule has 0 atom stereocenters. The van der Waals surface area contributed by atoms with E-state index in [1.54, 1.807) is 15.6 Å². The maximum absolute atomic E-state index is 13.5. The van der Waals surface area contributed by atoms with Crippen LogP contribution in [-0.2, 0) is 28.8 Å². The number of nitrogens with zero attached hydrogens (tertiary/aromatic N) is 6. The van der Waals surface area contributed by atoms with E-state index >= 15 is 0 Å². The fraction of sp³-hybridized carbons (Fsp3) is 0.400. The third-order valence-electron chi connectivity index (χ3n) is 7.63. The lowest BCUT2D eigenvalue weighted by atomic mass is 9.78. The van der Waals surface area contributed by atoms with Gasteiger partial charge in [0.15, 0.2) is 11.5 Å². The number of hydrogen-bond donors (Lipinski definition) is 1. The minimum absolute atomic E-state index is 0.0886. The van der Waals surface area contributed by atoms with Crippen LogP contribution >= 0.6 is 0 Å². The molecule has 0 saturated carbocycles. The quantitative estimate of drug-likeness (QED) is 0.381. The van der Waals surface area contributed by atoms with Gasteiger partial charge in [-0.3, -0.25) is 4.79 Å². The number of ether oxygens (including phenoxy) is 1. The molecule has 2 bridgehead atoms. The fourth-order valence-corrected chi connectivity index (χ4v) is 5.81. The van der Waals surface area contributed by atoms with Crippen LogP contribution in [0.3, 0.4) is 0 Å². The van der Waals surface area contributed by atoms with Crippen LogP contribution in [0, 0.1) is 0 Å². The zero-order chi connectivity index (χ0) is 27.4. The molecule has 2 aliphatic rings. The van der Waals surface area contributed by atoms with Crippen molar-refractivity contribution in [3.63, 3.8) is 0 Å². The van der Waals surface area contributed by atoms with Crippen molar-refractivity contribution in [2.45, 2.75) is 58.2 Å². The molecule has 6 rings (SSSR count). The molecular formula is C30H35N7O2. The molecule has 4 aromatic rings. The molecule has 9 nitrogen and oxygen atoms in total. The lowest BCUT2D eigenvalue weighted by Gasteiger charge is -2.38. The van der Waals surface area contributed by atoms with Gasteiger partial charge in [-0.2, -0.15) is 4.98 Å². The zero-order valence-electron chi connectivity index (χ0n) is 23.2. The summed E-state index contributed by atoms with van der Waals surface area (Å²) in [5.41, 5.74) is 4.23. The highest BCUT2D eigenvalue weighted by Gasteiger charge is 2.30. The number of pyridine rings is 1. The number of rotatable bonds is 2. The average molecular weight is 526 g/mol. The third kappa shape index (κ3) is 4.66. The van der Waals surface area contributed by atoms with Gasteiger partial charge >= 0.3 is 0 Å². The van der Waals surface area contributed by atoms with Crippen LogP contribution in [0.15, 0.2) is 59.5 Å². The lowest BCUT2D eigenvalue weighted by Crippen LogP contribution is -2.39. The topological polar surface area (TPSA) is 90.1 Å². The Morgan fingerprint density at radius 3 is 2.74 bits per heavy atom. The number of hydrogen-bond acceptors (Lipinski definition) is 7. The van der Waals surface area contributed by atoms with Gasteiger partial charge in [-0.1, -0.05) is 38.1 Å². The number of aromatic nitrogens is 5. The molecular weight excluding hydrogens is 490 g/mol. The molecule has 3 aromatic heterocycles. The molecule has 0 spiro atoms. The molecule has 5 heterocycles. The summed E-state index contributed by atoms with van der Waals surface area (Å²) in [5.74, 6) is 1.03. The van der Waals surface area contributed by atoms with Gasteiger partial charge in [0.25, 0.3) is 5.56 Å². The monoisotopic (exact) mass is 525 g/mol. The average Bonchev–Trinajstić information content (AvgIpc) is 3.15. The predicted molar refractivity (Wildman–Crippen MR) is 153 cm³/mol. The predicted octanol–water partition coefficient (Wildman–Crippen LogP) is 4.66. The smallest absolute Gasteiger partial charge is 0.278 e. The van der Waals surface area contributed by atoms with E-state index in [1.807, 2.05) is 44.2 Å². The van der Waals surface area contributed by atoms with E-state index in [9.17, 15) is 4.79 Å². The van der Waals surface area contributed by atoms with Gasteiger partial charge in [0.2, 0.25) is 5.95 Å². The van der Waals surface area contributed by atoms with Gasteiger partial charge in [-0.25, -0.2) is 19.3 Å². The number of benzene rings is 1. The molecule has 0 amide bonds. The summed E-state index contributed by atoms with van der Waals surface area (Å²) >= 11 is 0. The Labute approximate surface area is 228 Å². The molecule has 0 aliphatic carbocycles. The van der Waals surface area contributed by atoms with Gasteiger partial charge in [-0.15, -0.1) is 0 Å². The molecule has 9 heteroatoms. The number of anilines is 2. The van der Waals surface area contributed by atoms with Gasteiger partial charge in [0, 0.05) is 30.4 Å². The SMILES string of the molecule is CN1Cc2cc(Nc3ncc4c(=O)n5n(c4n3)-c3cccc(n3)C(C)(C)OCC/C=C\C5)ccc2C(C)(C)C1. The fourth-order valence-electron chi connectivity index (χ4n) is 5.81. The summed E-state index contributed by atoms with van der Waals surface area (Å²) in [4.78, 5) is 30.1. The molecule has 0 saturated heterocycles. The van der Waals surface area contributed by atoms with Crippen LogP contribution < -0.4 is 10.9 Å². The standard InChI is InChI=1S/C30H35N7O2/c1-29(2)19-35(5)18-20-16-21(12-13-23(20)29)32-28-31-17-22-26(34-28)37-25-11-9-10-24(33-25)30(3,4)39-15-8-6-7-14-36(37)27(22)38/h6-7,9-13,16-17H,8,14-15,18-19H2,1-5H3,(H,31,32,34)/b7-6-. The van der Waals surface area contributed by atoms with E-state index in [0.29, 0.717) is 36.0 Å². The van der Waals surface area contributed by atoms with Crippen molar-refractivity contribution in [3.8, 4) is 5.82 Å².